The van der Waals surface area contributed by atoms with Crippen LogP contribution in [0.4, 0.5) is 5.69 Å². The van der Waals surface area contributed by atoms with Gasteiger partial charge in [0.15, 0.2) is 0 Å². The summed E-state index contributed by atoms with van der Waals surface area (Å²) in [6.45, 7) is 9.94. The Bertz CT molecular complexity index is 396. The topological polar surface area (TPSA) is 33.7 Å². The molecular formula is C16H28N2O2. The molecule has 1 aromatic carbocycles. The fourth-order valence-corrected chi connectivity index (χ4v) is 2.48. The van der Waals surface area contributed by atoms with Gasteiger partial charge in [0.2, 0.25) is 0 Å². The Morgan fingerprint density at radius 3 is 2.55 bits per heavy atom. The molecule has 1 rings (SSSR count). The van der Waals surface area contributed by atoms with E-state index >= 15 is 0 Å². The van der Waals surface area contributed by atoms with Gasteiger partial charge in [-0.3, -0.25) is 0 Å². The maximum atomic E-state index is 5.55. The van der Waals surface area contributed by atoms with Gasteiger partial charge in [0.25, 0.3) is 0 Å². The number of anilines is 1. The van der Waals surface area contributed by atoms with Crippen molar-refractivity contribution in [3.63, 3.8) is 0 Å². The number of ether oxygens (including phenoxy) is 2. The molecule has 114 valence electrons. The SMILES string of the molecule is CCNC(C)c1c(OC)cccc1N(CC)CCOC. The summed E-state index contributed by atoms with van der Waals surface area (Å²) in [5.41, 5.74) is 2.44. The predicted octanol–water partition coefficient (Wildman–Crippen LogP) is 2.84. The number of benzene rings is 1. The van der Waals surface area contributed by atoms with Crippen LogP contribution < -0.4 is 15.0 Å². The van der Waals surface area contributed by atoms with E-state index in [-0.39, 0.29) is 6.04 Å². The lowest BCUT2D eigenvalue weighted by atomic mass is 10.0. The van der Waals surface area contributed by atoms with Crippen LogP contribution in [0.1, 0.15) is 32.4 Å². The number of likely N-dealkylation sites (N-methyl/N-ethyl adjacent to an activating group) is 1. The second-order valence-corrected chi connectivity index (χ2v) is 4.74. The molecular weight excluding hydrogens is 252 g/mol. The molecule has 0 aliphatic rings. The molecule has 0 spiro atoms. The lowest BCUT2D eigenvalue weighted by Crippen LogP contribution is -2.29. The summed E-state index contributed by atoms with van der Waals surface area (Å²) in [6.07, 6.45) is 0. The third-order valence-electron chi connectivity index (χ3n) is 3.49. The van der Waals surface area contributed by atoms with E-state index in [1.54, 1.807) is 14.2 Å². The largest absolute Gasteiger partial charge is 0.496 e. The first kappa shape index (κ1) is 16.8. The van der Waals surface area contributed by atoms with E-state index in [0.717, 1.165) is 32.0 Å². The maximum Gasteiger partial charge on any atom is 0.125 e. The summed E-state index contributed by atoms with van der Waals surface area (Å²) in [7, 11) is 3.47. The Morgan fingerprint density at radius 2 is 2.00 bits per heavy atom. The summed E-state index contributed by atoms with van der Waals surface area (Å²) in [5, 5.41) is 3.47. The van der Waals surface area contributed by atoms with Crippen molar-refractivity contribution >= 4 is 5.69 Å². The third kappa shape index (κ3) is 4.12. The first-order valence-corrected chi connectivity index (χ1v) is 7.33. The zero-order valence-electron chi connectivity index (χ0n) is 13.4. The standard InChI is InChI=1S/C16H28N2O2/c1-6-17-13(3)16-14(9-8-10-15(16)20-5)18(7-2)11-12-19-4/h8-10,13,17H,6-7,11-12H2,1-5H3. The van der Waals surface area contributed by atoms with Gasteiger partial charge in [0.1, 0.15) is 5.75 Å². The Balaban J connectivity index is 3.15. The summed E-state index contributed by atoms with van der Waals surface area (Å²) < 4.78 is 10.8. The van der Waals surface area contributed by atoms with Crippen molar-refractivity contribution in [3.05, 3.63) is 23.8 Å². The van der Waals surface area contributed by atoms with E-state index in [1.165, 1.54) is 11.3 Å². The van der Waals surface area contributed by atoms with Crippen LogP contribution in [0.5, 0.6) is 5.75 Å². The smallest absolute Gasteiger partial charge is 0.125 e. The van der Waals surface area contributed by atoms with Crippen molar-refractivity contribution in [1.29, 1.82) is 0 Å². The number of hydrogen-bond acceptors (Lipinski definition) is 4. The highest BCUT2D eigenvalue weighted by Gasteiger charge is 2.18. The molecule has 0 aromatic heterocycles. The van der Waals surface area contributed by atoms with Crippen molar-refractivity contribution in [2.45, 2.75) is 26.8 Å². The van der Waals surface area contributed by atoms with E-state index in [2.05, 4.69) is 37.1 Å². The van der Waals surface area contributed by atoms with Crippen molar-refractivity contribution in [2.24, 2.45) is 0 Å². The Labute approximate surface area is 123 Å². The number of nitrogens with one attached hydrogen (secondary N) is 1. The molecule has 0 bridgehead atoms. The molecule has 0 saturated heterocycles. The minimum atomic E-state index is 0.253. The quantitative estimate of drug-likeness (QED) is 0.754. The molecule has 0 radical (unpaired) electrons. The molecule has 1 N–H and O–H groups in total. The van der Waals surface area contributed by atoms with Crippen LogP contribution in [-0.4, -0.2) is 40.5 Å². The second kappa shape index (κ2) is 8.82. The number of rotatable bonds is 9. The second-order valence-electron chi connectivity index (χ2n) is 4.74. The van der Waals surface area contributed by atoms with Crippen LogP contribution in [0.3, 0.4) is 0 Å². The molecule has 4 nitrogen and oxygen atoms in total. The predicted molar refractivity (Wildman–Crippen MR) is 84.8 cm³/mol. The van der Waals surface area contributed by atoms with Gasteiger partial charge in [0, 0.05) is 37.5 Å². The van der Waals surface area contributed by atoms with Crippen molar-refractivity contribution in [2.75, 3.05) is 45.4 Å². The minimum absolute atomic E-state index is 0.253. The van der Waals surface area contributed by atoms with E-state index in [4.69, 9.17) is 9.47 Å². The van der Waals surface area contributed by atoms with Crippen LogP contribution in [0.15, 0.2) is 18.2 Å². The van der Waals surface area contributed by atoms with Crippen molar-refractivity contribution in [3.8, 4) is 5.75 Å². The number of methoxy groups -OCH3 is 2. The van der Waals surface area contributed by atoms with E-state index in [9.17, 15) is 0 Å². The molecule has 1 atom stereocenters. The maximum absolute atomic E-state index is 5.55. The molecule has 1 aromatic rings. The fourth-order valence-electron chi connectivity index (χ4n) is 2.48. The Hall–Kier alpha value is -1.26. The van der Waals surface area contributed by atoms with Crippen molar-refractivity contribution < 1.29 is 9.47 Å². The highest BCUT2D eigenvalue weighted by molar-refractivity contribution is 5.60. The number of nitrogens with zero attached hydrogens (tertiary/aromatic N) is 1. The third-order valence-corrected chi connectivity index (χ3v) is 3.49. The molecule has 1 unspecified atom stereocenters. The van der Waals surface area contributed by atoms with E-state index in [1.807, 2.05) is 12.1 Å². The Morgan fingerprint density at radius 1 is 1.25 bits per heavy atom. The summed E-state index contributed by atoms with van der Waals surface area (Å²) in [6, 6.07) is 6.48. The lowest BCUT2D eigenvalue weighted by molar-refractivity contribution is 0.205. The zero-order valence-corrected chi connectivity index (χ0v) is 13.4. The summed E-state index contributed by atoms with van der Waals surface area (Å²) in [4.78, 5) is 2.33. The van der Waals surface area contributed by atoms with Crippen LogP contribution >= 0.6 is 0 Å². The minimum Gasteiger partial charge on any atom is -0.496 e. The van der Waals surface area contributed by atoms with Gasteiger partial charge in [-0.05, 0) is 32.5 Å². The normalized spacial score (nSPS) is 12.2. The van der Waals surface area contributed by atoms with Crippen molar-refractivity contribution in [1.82, 2.24) is 5.32 Å². The first-order chi connectivity index (χ1) is 9.69. The molecule has 0 aliphatic heterocycles. The molecule has 0 heterocycles. The monoisotopic (exact) mass is 280 g/mol. The zero-order chi connectivity index (χ0) is 15.0. The van der Waals surface area contributed by atoms with Crippen LogP contribution in [0.25, 0.3) is 0 Å². The van der Waals surface area contributed by atoms with Gasteiger partial charge >= 0.3 is 0 Å². The molecule has 20 heavy (non-hydrogen) atoms. The van der Waals surface area contributed by atoms with E-state index < -0.39 is 0 Å². The van der Waals surface area contributed by atoms with Crippen LogP contribution in [-0.2, 0) is 4.74 Å². The van der Waals surface area contributed by atoms with Crippen LogP contribution in [0.2, 0.25) is 0 Å². The van der Waals surface area contributed by atoms with Gasteiger partial charge in [-0.1, -0.05) is 13.0 Å². The average Bonchev–Trinajstić information content (AvgIpc) is 2.47. The molecule has 0 aliphatic carbocycles. The highest BCUT2D eigenvalue weighted by atomic mass is 16.5. The Kier molecular flexibility index (Phi) is 7.41. The molecule has 0 amide bonds. The van der Waals surface area contributed by atoms with Crippen LogP contribution in [0, 0.1) is 0 Å². The lowest BCUT2D eigenvalue weighted by Gasteiger charge is -2.29. The van der Waals surface area contributed by atoms with Gasteiger partial charge < -0.3 is 19.7 Å². The highest BCUT2D eigenvalue weighted by Crippen LogP contribution is 2.34. The van der Waals surface area contributed by atoms with Gasteiger partial charge in [-0.15, -0.1) is 0 Å². The summed E-state index contributed by atoms with van der Waals surface area (Å²) in [5.74, 6) is 0.937. The van der Waals surface area contributed by atoms with Gasteiger partial charge in [0.05, 0.1) is 13.7 Å². The number of hydrogen-bond donors (Lipinski definition) is 1. The van der Waals surface area contributed by atoms with Gasteiger partial charge in [-0.2, -0.15) is 0 Å². The summed E-state index contributed by atoms with van der Waals surface area (Å²) >= 11 is 0. The fraction of sp³-hybridized carbons (Fsp3) is 0.625. The molecule has 0 saturated carbocycles. The van der Waals surface area contributed by atoms with E-state index in [0.29, 0.717) is 0 Å². The average molecular weight is 280 g/mol. The molecule has 4 heteroatoms. The molecule has 0 fully saturated rings. The first-order valence-electron chi connectivity index (χ1n) is 7.33. The van der Waals surface area contributed by atoms with Gasteiger partial charge in [-0.25, -0.2) is 0 Å².